The number of carboxylic acid groups (broad SMARTS) is 1. The van der Waals surface area contributed by atoms with Crippen molar-refractivity contribution in [3.8, 4) is 22.1 Å². The van der Waals surface area contributed by atoms with Gasteiger partial charge in [0.05, 0.1) is 0 Å². The number of carboxylic acids is 1. The summed E-state index contributed by atoms with van der Waals surface area (Å²) >= 11 is 1.36. The summed E-state index contributed by atoms with van der Waals surface area (Å²) < 4.78 is 11.0. The number of nitrogens with zero attached hydrogens (tertiary/aromatic N) is 1. The fourth-order valence-corrected chi connectivity index (χ4v) is 2.80. The second kappa shape index (κ2) is 4.55. The van der Waals surface area contributed by atoms with Gasteiger partial charge in [-0.15, -0.1) is 11.3 Å². The molecule has 3 rings (SSSR count). The highest BCUT2D eigenvalue weighted by Crippen LogP contribution is 2.36. The Bertz CT molecular complexity index is 650. The lowest BCUT2D eigenvalue weighted by molar-refractivity contribution is 0.0690. The molecule has 0 saturated carbocycles. The Kier molecular flexibility index (Phi) is 2.87. The largest absolute Gasteiger partial charge is 0.486 e. The number of aromatic carboxylic acids is 1. The number of carbonyl (C=O) groups is 1. The SMILES string of the molecule is Cc1sc(-c2ccc3c(c2)OCCO3)nc1C(=O)O. The first-order chi connectivity index (χ1) is 9.15. The van der Waals surface area contributed by atoms with Gasteiger partial charge in [0.2, 0.25) is 0 Å². The van der Waals surface area contributed by atoms with E-state index in [-0.39, 0.29) is 5.69 Å². The number of hydrogen-bond acceptors (Lipinski definition) is 5. The highest BCUT2D eigenvalue weighted by Gasteiger charge is 2.17. The third-order valence-corrected chi connectivity index (χ3v) is 3.81. The van der Waals surface area contributed by atoms with Crippen molar-refractivity contribution in [2.45, 2.75) is 6.92 Å². The molecule has 1 aromatic heterocycles. The minimum absolute atomic E-state index is 0.106. The van der Waals surface area contributed by atoms with E-state index in [1.165, 1.54) is 11.3 Å². The van der Waals surface area contributed by atoms with Crippen LogP contribution in [0.2, 0.25) is 0 Å². The molecule has 19 heavy (non-hydrogen) atoms. The fraction of sp³-hybridized carbons (Fsp3) is 0.231. The third-order valence-electron chi connectivity index (χ3n) is 2.79. The van der Waals surface area contributed by atoms with Crippen LogP contribution in [0.15, 0.2) is 18.2 Å². The van der Waals surface area contributed by atoms with Crippen molar-refractivity contribution in [3.05, 3.63) is 28.8 Å². The lowest BCUT2D eigenvalue weighted by Crippen LogP contribution is -2.15. The summed E-state index contributed by atoms with van der Waals surface area (Å²) in [5.41, 5.74) is 0.944. The normalized spacial score (nSPS) is 13.3. The summed E-state index contributed by atoms with van der Waals surface area (Å²) in [6, 6.07) is 5.51. The van der Waals surface area contributed by atoms with Gasteiger partial charge in [0.1, 0.15) is 18.2 Å². The first-order valence-electron chi connectivity index (χ1n) is 5.76. The van der Waals surface area contributed by atoms with Crippen LogP contribution in [0, 0.1) is 6.92 Å². The van der Waals surface area contributed by atoms with E-state index < -0.39 is 5.97 Å². The van der Waals surface area contributed by atoms with Gasteiger partial charge >= 0.3 is 5.97 Å². The molecule has 1 aliphatic heterocycles. The summed E-state index contributed by atoms with van der Waals surface area (Å²) in [5.74, 6) is 0.382. The Morgan fingerprint density at radius 2 is 2.05 bits per heavy atom. The average molecular weight is 277 g/mol. The molecule has 0 amide bonds. The van der Waals surface area contributed by atoms with Crippen LogP contribution in [0.3, 0.4) is 0 Å². The Morgan fingerprint density at radius 3 is 2.74 bits per heavy atom. The first kappa shape index (κ1) is 12.0. The van der Waals surface area contributed by atoms with E-state index in [0.717, 1.165) is 5.56 Å². The molecular weight excluding hydrogens is 266 g/mol. The van der Waals surface area contributed by atoms with E-state index in [0.29, 0.717) is 34.6 Å². The highest BCUT2D eigenvalue weighted by molar-refractivity contribution is 7.15. The lowest BCUT2D eigenvalue weighted by atomic mass is 10.2. The standard InChI is InChI=1S/C13H11NO4S/c1-7-11(13(15)16)14-12(19-7)8-2-3-9-10(6-8)18-5-4-17-9/h2-3,6H,4-5H2,1H3,(H,15,16). The van der Waals surface area contributed by atoms with Crippen LogP contribution in [-0.4, -0.2) is 29.3 Å². The predicted molar refractivity (Wildman–Crippen MR) is 70.2 cm³/mol. The van der Waals surface area contributed by atoms with Crippen molar-refractivity contribution < 1.29 is 19.4 Å². The third kappa shape index (κ3) is 2.15. The van der Waals surface area contributed by atoms with Crippen LogP contribution in [-0.2, 0) is 0 Å². The summed E-state index contributed by atoms with van der Waals surface area (Å²) in [5, 5.41) is 9.69. The number of fused-ring (bicyclic) bond motifs is 1. The van der Waals surface area contributed by atoms with Crippen LogP contribution in [0.5, 0.6) is 11.5 Å². The fourth-order valence-electron chi connectivity index (χ4n) is 1.89. The van der Waals surface area contributed by atoms with Crippen molar-refractivity contribution >= 4 is 17.3 Å². The van der Waals surface area contributed by atoms with E-state index in [1.807, 2.05) is 18.2 Å². The molecular formula is C13H11NO4S. The molecule has 1 aromatic carbocycles. The average Bonchev–Trinajstić information content (AvgIpc) is 2.80. The van der Waals surface area contributed by atoms with Crippen molar-refractivity contribution in [1.29, 1.82) is 0 Å². The van der Waals surface area contributed by atoms with E-state index >= 15 is 0 Å². The van der Waals surface area contributed by atoms with Gasteiger partial charge in [-0.25, -0.2) is 9.78 Å². The van der Waals surface area contributed by atoms with Gasteiger partial charge in [0, 0.05) is 10.4 Å². The number of benzene rings is 1. The van der Waals surface area contributed by atoms with Crippen LogP contribution in [0.1, 0.15) is 15.4 Å². The smallest absolute Gasteiger partial charge is 0.355 e. The summed E-state index contributed by atoms with van der Waals surface area (Å²) in [6.45, 7) is 2.82. The van der Waals surface area contributed by atoms with Gasteiger partial charge in [-0.05, 0) is 25.1 Å². The molecule has 2 heterocycles. The highest BCUT2D eigenvalue weighted by atomic mass is 32.1. The van der Waals surface area contributed by atoms with Crippen molar-refractivity contribution in [1.82, 2.24) is 4.98 Å². The molecule has 0 spiro atoms. The molecule has 0 bridgehead atoms. The molecule has 2 aromatic rings. The maximum absolute atomic E-state index is 11.0. The Balaban J connectivity index is 2.02. The number of aromatic nitrogens is 1. The van der Waals surface area contributed by atoms with E-state index in [1.54, 1.807) is 6.92 Å². The minimum atomic E-state index is -1.00. The predicted octanol–water partition coefficient (Wildman–Crippen LogP) is 2.59. The molecule has 98 valence electrons. The van der Waals surface area contributed by atoms with E-state index in [4.69, 9.17) is 14.6 Å². The maximum atomic E-state index is 11.0. The molecule has 0 saturated heterocycles. The quantitative estimate of drug-likeness (QED) is 0.913. The van der Waals surface area contributed by atoms with Gasteiger partial charge in [0.15, 0.2) is 17.2 Å². The molecule has 0 unspecified atom stereocenters. The number of rotatable bonds is 2. The maximum Gasteiger partial charge on any atom is 0.355 e. The topological polar surface area (TPSA) is 68.7 Å². The molecule has 0 radical (unpaired) electrons. The van der Waals surface area contributed by atoms with Crippen LogP contribution < -0.4 is 9.47 Å². The first-order valence-corrected chi connectivity index (χ1v) is 6.57. The second-order valence-electron chi connectivity index (χ2n) is 4.09. The zero-order valence-electron chi connectivity index (χ0n) is 10.2. The van der Waals surface area contributed by atoms with Crippen LogP contribution >= 0.6 is 11.3 Å². The van der Waals surface area contributed by atoms with Gasteiger partial charge in [-0.1, -0.05) is 0 Å². The van der Waals surface area contributed by atoms with Gasteiger partial charge in [-0.2, -0.15) is 0 Å². The number of thiazole rings is 1. The second-order valence-corrected chi connectivity index (χ2v) is 5.29. The number of hydrogen-bond donors (Lipinski definition) is 1. The lowest BCUT2D eigenvalue weighted by Gasteiger charge is -2.18. The van der Waals surface area contributed by atoms with Gasteiger partial charge < -0.3 is 14.6 Å². The molecule has 0 aliphatic carbocycles. The Hall–Kier alpha value is -2.08. The summed E-state index contributed by atoms with van der Waals surface area (Å²) in [4.78, 5) is 15.8. The summed E-state index contributed by atoms with van der Waals surface area (Å²) in [7, 11) is 0. The minimum Gasteiger partial charge on any atom is -0.486 e. The molecule has 0 atom stereocenters. The van der Waals surface area contributed by atoms with Crippen molar-refractivity contribution in [2.75, 3.05) is 13.2 Å². The number of aryl methyl sites for hydroxylation is 1. The molecule has 5 nitrogen and oxygen atoms in total. The zero-order valence-corrected chi connectivity index (χ0v) is 11.0. The van der Waals surface area contributed by atoms with Crippen molar-refractivity contribution in [3.63, 3.8) is 0 Å². The molecule has 1 N–H and O–H groups in total. The van der Waals surface area contributed by atoms with Crippen molar-refractivity contribution in [2.24, 2.45) is 0 Å². The van der Waals surface area contributed by atoms with E-state index in [2.05, 4.69) is 4.98 Å². The Morgan fingerprint density at radius 1 is 1.32 bits per heavy atom. The summed E-state index contributed by atoms with van der Waals surface area (Å²) in [6.07, 6.45) is 0. The Labute approximate surface area is 113 Å². The molecule has 0 fully saturated rings. The van der Waals surface area contributed by atoms with Crippen LogP contribution in [0.4, 0.5) is 0 Å². The van der Waals surface area contributed by atoms with E-state index in [9.17, 15) is 4.79 Å². The monoisotopic (exact) mass is 277 g/mol. The van der Waals surface area contributed by atoms with Crippen LogP contribution in [0.25, 0.3) is 10.6 Å². The van der Waals surface area contributed by atoms with Gasteiger partial charge in [-0.3, -0.25) is 0 Å². The zero-order chi connectivity index (χ0) is 13.4. The molecule has 1 aliphatic rings. The number of ether oxygens (including phenoxy) is 2. The van der Waals surface area contributed by atoms with Gasteiger partial charge in [0.25, 0.3) is 0 Å². The molecule has 6 heteroatoms.